The zero-order valence-corrected chi connectivity index (χ0v) is 19.6. The summed E-state index contributed by atoms with van der Waals surface area (Å²) in [6.45, 7) is 0.0737. The molecule has 0 heterocycles. The van der Waals surface area contributed by atoms with E-state index in [9.17, 15) is 14.7 Å². The van der Waals surface area contributed by atoms with Crippen LogP contribution in [0.4, 0.5) is 4.79 Å². The minimum atomic E-state index is -1.01. The lowest BCUT2D eigenvalue weighted by Gasteiger charge is -2.23. The SMILES string of the molecule is O=C(NC(Cc1ccc(O)cc1)C(=O)OC(c1ccccc1)c1ccccc1)OCc1ccccc1. The van der Waals surface area contributed by atoms with Crippen molar-refractivity contribution >= 4 is 12.1 Å². The maximum Gasteiger partial charge on any atom is 0.408 e. The summed E-state index contributed by atoms with van der Waals surface area (Å²) >= 11 is 0. The molecule has 0 bridgehead atoms. The number of phenolic OH excluding ortho intramolecular Hbond substituents is 1. The fourth-order valence-corrected chi connectivity index (χ4v) is 3.75. The third-order valence-electron chi connectivity index (χ3n) is 5.60. The second kappa shape index (κ2) is 12.2. The van der Waals surface area contributed by atoms with Crippen LogP contribution < -0.4 is 5.32 Å². The number of alkyl carbamates (subject to hydrolysis) is 1. The lowest BCUT2D eigenvalue weighted by Crippen LogP contribution is -2.44. The number of carbonyl (C=O) groups is 2. The zero-order valence-electron chi connectivity index (χ0n) is 19.6. The molecule has 4 rings (SSSR count). The summed E-state index contributed by atoms with van der Waals surface area (Å²) in [5.74, 6) is -0.487. The van der Waals surface area contributed by atoms with Crippen molar-refractivity contribution in [2.45, 2.75) is 25.2 Å². The van der Waals surface area contributed by atoms with Gasteiger partial charge in [-0.3, -0.25) is 0 Å². The maximum atomic E-state index is 13.4. The molecule has 0 saturated heterocycles. The number of phenols is 1. The number of ether oxygens (including phenoxy) is 2. The van der Waals surface area contributed by atoms with Crippen LogP contribution in [-0.2, 0) is 27.3 Å². The molecule has 0 aliphatic heterocycles. The van der Waals surface area contributed by atoms with Crippen molar-refractivity contribution < 1.29 is 24.2 Å². The fourth-order valence-electron chi connectivity index (χ4n) is 3.75. The van der Waals surface area contributed by atoms with Gasteiger partial charge in [-0.2, -0.15) is 0 Å². The molecule has 0 spiro atoms. The summed E-state index contributed by atoms with van der Waals surface area (Å²) in [6, 6.07) is 33.6. The van der Waals surface area contributed by atoms with Gasteiger partial charge in [0.25, 0.3) is 0 Å². The number of aromatic hydroxyl groups is 1. The number of amides is 1. The average Bonchev–Trinajstić information content (AvgIpc) is 2.93. The molecule has 0 fully saturated rings. The molecule has 6 nitrogen and oxygen atoms in total. The number of hydrogen-bond acceptors (Lipinski definition) is 5. The largest absolute Gasteiger partial charge is 0.508 e. The van der Waals surface area contributed by atoms with E-state index in [4.69, 9.17) is 9.47 Å². The Morgan fingerprint density at radius 3 is 1.78 bits per heavy atom. The van der Waals surface area contributed by atoms with Crippen molar-refractivity contribution in [1.82, 2.24) is 5.32 Å². The Hall–Kier alpha value is -4.58. The van der Waals surface area contributed by atoms with E-state index in [2.05, 4.69) is 5.32 Å². The molecule has 0 radical (unpaired) electrons. The molecule has 6 heteroatoms. The van der Waals surface area contributed by atoms with Gasteiger partial charge in [0.2, 0.25) is 0 Å². The van der Waals surface area contributed by atoms with E-state index in [1.54, 1.807) is 12.1 Å². The summed E-state index contributed by atoms with van der Waals surface area (Å²) in [6.07, 6.45) is -1.21. The molecular weight excluding hydrogens is 454 g/mol. The molecule has 0 aliphatic rings. The highest BCUT2D eigenvalue weighted by molar-refractivity contribution is 5.82. The summed E-state index contributed by atoms with van der Waals surface area (Å²) in [5.41, 5.74) is 3.20. The second-order valence-corrected chi connectivity index (χ2v) is 8.27. The van der Waals surface area contributed by atoms with Crippen molar-refractivity contribution in [1.29, 1.82) is 0 Å². The Balaban J connectivity index is 1.53. The third-order valence-corrected chi connectivity index (χ3v) is 5.60. The van der Waals surface area contributed by atoms with E-state index in [-0.39, 0.29) is 18.8 Å². The smallest absolute Gasteiger partial charge is 0.408 e. The number of hydrogen-bond donors (Lipinski definition) is 2. The van der Waals surface area contributed by atoms with Crippen molar-refractivity contribution in [2.24, 2.45) is 0 Å². The van der Waals surface area contributed by atoms with E-state index in [0.717, 1.165) is 22.3 Å². The Labute approximate surface area is 210 Å². The van der Waals surface area contributed by atoms with Gasteiger partial charge in [-0.25, -0.2) is 9.59 Å². The van der Waals surface area contributed by atoms with Gasteiger partial charge in [-0.15, -0.1) is 0 Å². The molecule has 4 aromatic carbocycles. The van der Waals surface area contributed by atoms with Crippen LogP contribution in [0.15, 0.2) is 115 Å². The monoisotopic (exact) mass is 481 g/mol. The number of benzene rings is 4. The van der Waals surface area contributed by atoms with Gasteiger partial charge in [0.15, 0.2) is 6.10 Å². The second-order valence-electron chi connectivity index (χ2n) is 8.27. The molecule has 1 unspecified atom stereocenters. The number of carbonyl (C=O) groups excluding carboxylic acids is 2. The highest BCUT2D eigenvalue weighted by Crippen LogP contribution is 2.26. The molecule has 0 saturated carbocycles. The van der Waals surface area contributed by atoms with E-state index in [1.807, 2.05) is 91.0 Å². The van der Waals surface area contributed by atoms with Crippen molar-refractivity contribution in [3.05, 3.63) is 138 Å². The van der Waals surface area contributed by atoms with Gasteiger partial charge < -0.3 is 19.9 Å². The lowest BCUT2D eigenvalue weighted by molar-refractivity contribution is -0.150. The van der Waals surface area contributed by atoms with Crippen LogP contribution in [0.5, 0.6) is 5.75 Å². The van der Waals surface area contributed by atoms with E-state index in [1.165, 1.54) is 12.1 Å². The van der Waals surface area contributed by atoms with Crippen LogP contribution in [0.3, 0.4) is 0 Å². The molecule has 182 valence electrons. The van der Waals surface area contributed by atoms with Gasteiger partial charge in [0, 0.05) is 6.42 Å². The van der Waals surface area contributed by atoms with Gasteiger partial charge in [-0.1, -0.05) is 103 Å². The normalized spacial score (nSPS) is 11.5. The fraction of sp³-hybridized carbons (Fsp3) is 0.133. The maximum absolute atomic E-state index is 13.4. The van der Waals surface area contributed by atoms with E-state index in [0.29, 0.717) is 0 Å². The summed E-state index contributed by atoms with van der Waals surface area (Å²) in [7, 11) is 0. The number of rotatable bonds is 9. The zero-order chi connectivity index (χ0) is 25.2. The van der Waals surface area contributed by atoms with Crippen LogP contribution in [0.2, 0.25) is 0 Å². The standard InChI is InChI=1S/C30H27NO5/c32-26-18-16-22(17-19-26)20-27(31-30(34)35-21-23-10-4-1-5-11-23)29(33)36-28(24-12-6-2-7-13-24)25-14-8-3-9-15-25/h1-19,27-28,32H,20-21H2,(H,31,34). The van der Waals surface area contributed by atoms with Crippen LogP contribution in [-0.4, -0.2) is 23.2 Å². The van der Waals surface area contributed by atoms with Crippen molar-refractivity contribution in [3.8, 4) is 5.75 Å². The van der Waals surface area contributed by atoms with Crippen LogP contribution in [0.1, 0.15) is 28.4 Å². The molecule has 4 aromatic rings. The highest BCUT2D eigenvalue weighted by Gasteiger charge is 2.28. The molecule has 36 heavy (non-hydrogen) atoms. The first-order valence-corrected chi connectivity index (χ1v) is 11.6. The quantitative estimate of drug-likeness (QED) is 0.306. The summed E-state index contributed by atoms with van der Waals surface area (Å²) in [4.78, 5) is 26.1. The lowest BCUT2D eigenvalue weighted by atomic mass is 10.0. The third kappa shape index (κ3) is 6.96. The Kier molecular flexibility index (Phi) is 8.33. The van der Waals surface area contributed by atoms with Gasteiger partial charge >= 0.3 is 12.1 Å². The van der Waals surface area contributed by atoms with Crippen LogP contribution in [0, 0.1) is 0 Å². The molecule has 1 atom stereocenters. The first-order chi connectivity index (χ1) is 17.6. The molecule has 1 amide bonds. The topological polar surface area (TPSA) is 84.9 Å². The first-order valence-electron chi connectivity index (χ1n) is 11.6. The molecular formula is C30H27NO5. The van der Waals surface area contributed by atoms with Crippen molar-refractivity contribution in [2.75, 3.05) is 0 Å². The minimum Gasteiger partial charge on any atom is -0.508 e. The van der Waals surface area contributed by atoms with Crippen LogP contribution in [0.25, 0.3) is 0 Å². The van der Waals surface area contributed by atoms with Gasteiger partial charge in [0.05, 0.1) is 0 Å². The first kappa shape index (κ1) is 24.5. The Bertz CT molecular complexity index is 1210. The van der Waals surface area contributed by atoms with Gasteiger partial charge in [-0.05, 0) is 34.4 Å². The van der Waals surface area contributed by atoms with E-state index >= 15 is 0 Å². The average molecular weight is 482 g/mol. The highest BCUT2D eigenvalue weighted by atomic mass is 16.6. The van der Waals surface area contributed by atoms with E-state index < -0.39 is 24.2 Å². The Morgan fingerprint density at radius 2 is 1.22 bits per heavy atom. The molecule has 0 aliphatic carbocycles. The molecule has 0 aromatic heterocycles. The van der Waals surface area contributed by atoms with Gasteiger partial charge in [0.1, 0.15) is 18.4 Å². The predicted molar refractivity (Wildman–Crippen MR) is 136 cm³/mol. The summed E-state index contributed by atoms with van der Waals surface area (Å²) in [5, 5.41) is 12.3. The van der Waals surface area contributed by atoms with Crippen molar-refractivity contribution in [3.63, 3.8) is 0 Å². The predicted octanol–water partition coefficient (Wildman–Crippen LogP) is 5.56. The number of nitrogens with one attached hydrogen (secondary N) is 1. The number of esters is 1. The molecule has 2 N–H and O–H groups in total. The minimum absolute atomic E-state index is 0.0737. The van der Waals surface area contributed by atoms with Crippen LogP contribution >= 0.6 is 0 Å². The Morgan fingerprint density at radius 1 is 0.694 bits per heavy atom. The summed E-state index contributed by atoms with van der Waals surface area (Å²) < 4.78 is 11.3.